The third kappa shape index (κ3) is 1.80. The van der Waals surface area contributed by atoms with Crippen molar-refractivity contribution in [1.29, 1.82) is 0 Å². The van der Waals surface area contributed by atoms with E-state index in [1.165, 1.54) is 0 Å². The molecule has 2 unspecified atom stereocenters. The maximum Gasteiger partial charge on any atom is 0.314 e. The maximum absolute atomic E-state index is 11.2. The highest BCUT2D eigenvalue weighted by Gasteiger charge is 2.33. The lowest BCUT2D eigenvalue weighted by Gasteiger charge is -2.21. The topological polar surface area (TPSA) is 71.2 Å². The minimum absolute atomic E-state index is 0.406. The van der Waals surface area contributed by atoms with Crippen LogP contribution in [0.4, 0.5) is 0 Å². The number of carboxylic acids is 1. The fraction of sp³-hybridized carbons (Fsp3) is 0.750. The Kier molecular flexibility index (Phi) is 2.81. The summed E-state index contributed by atoms with van der Waals surface area (Å²) >= 11 is 0. The Morgan fingerprint density at radius 2 is 2.06 bits per heavy atom. The number of carboxylic acid groups (broad SMARTS) is 1. The molecular weight excluding hydrogens is 232 g/mol. The van der Waals surface area contributed by atoms with Crippen LogP contribution in [0.1, 0.15) is 42.7 Å². The number of likely N-dealkylation sites (tertiary alicyclic amines) is 1. The molecule has 3 heterocycles. The zero-order valence-corrected chi connectivity index (χ0v) is 10.5. The molecule has 0 radical (unpaired) electrons. The van der Waals surface area contributed by atoms with E-state index < -0.39 is 11.9 Å². The summed E-state index contributed by atoms with van der Waals surface area (Å²) < 4.78 is 2.05. The lowest BCUT2D eigenvalue weighted by molar-refractivity contribution is -0.139. The molecule has 2 atom stereocenters. The zero-order chi connectivity index (χ0) is 12.7. The molecule has 0 amide bonds. The van der Waals surface area contributed by atoms with Crippen LogP contribution in [0.5, 0.6) is 0 Å². The van der Waals surface area contributed by atoms with Gasteiger partial charge in [0.15, 0.2) is 0 Å². The summed E-state index contributed by atoms with van der Waals surface area (Å²) in [5.74, 6) is 0.792. The number of rotatable bonds is 2. The van der Waals surface area contributed by atoms with Gasteiger partial charge in [0.25, 0.3) is 0 Å². The number of fused-ring (bicyclic) bond motifs is 1. The third-order valence-corrected chi connectivity index (χ3v) is 4.05. The largest absolute Gasteiger partial charge is 0.481 e. The summed E-state index contributed by atoms with van der Waals surface area (Å²) in [6, 6.07) is 0. The van der Waals surface area contributed by atoms with E-state index in [9.17, 15) is 9.90 Å². The van der Waals surface area contributed by atoms with Crippen LogP contribution in [0.15, 0.2) is 0 Å². The van der Waals surface area contributed by atoms with Gasteiger partial charge < -0.3 is 14.6 Å². The second kappa shape index (κ2) is 4.35. The van der Waals surface area contributed by atoms with Crippen LogP contribution in [-0.2, 0) is 11.3 Å². The maximum atomic E-state index is 11.2. The van der Waals surface area contributed by atoms with E-state index in [0.717, 1.165) is 38.3 Å². The second-order valence-corrected chi connectivity index (χ2v) is 5.35. The first-order valence-corrected chi connectivity index (χ1v) is 6.51. The lowest BCUT2D eigenvalue weighted by Crippen LogP contribution is -2.24. The van der Waals surface area contributed by atoms with Crippen molar-refractivity contribution in [2.45, 2.75) is 37.6 Å². The van der Waals surface area contributed by atoms with Gasteiger partial charge in [0.05, 0.1) is 0 Å². The van der Waals surface area contributed by atoms with Crippen LogP contribution in [0, 0.1) is 0 Å². The lowest BCUT2D eigenvalue weighted by atomic mass is 9.98. The van der Waals surface area contributed by atoms with Gasteiger partial charge in [0.2, 0.25) is 0 Å². The zero-order valence-electron chi connectivity index (χ0n) is 10.5. The molecule has 1 fully saturated rings. The van der Waals surface area contributed by atoms with E-state index in [1.54, 1.807) is 0 Å². The summed E-state index contributed by atoms with van der Waals surface area (Å²) in [5, 5.41) is 17.6. The second-order valence-electron chi connectivity index (χ2n) is 5.35. The Morgan fingerprint density at radius 3 is 2.72 bits per heavy atom. The molecule has 0 aromatic carbocycles. The molecule has 6 heteroatoms. The van der Waals surface area contributed by atoms with Crippen molar-refractivity contribution in [3.05, 3.63) is 11.6 Å². The molecule has 0 saturated carbocycles. The summed E-state index contributed by atoms with van der Waals surface area (Å²) in [7, 11) is 2.10. The summed E-state index contributed by atoms with van der Waals surface area (Å²) in [6.45, 7) is 2.94. The van der Waals surface area contributed by atoms with Crippen molar-refractivity contribution < 1.29 is 9.90 Å². The van der Waals surface area contributed by atoms with Gasteiger partial charge in [-0.2, -0.15) is 0 Å². The van der Waals surface area contributed by atoms with Crippen molar-refractivity contribution in [3.63, 3.8) is 0 Å². The van der Waals surface area contributed by atoms with Gasteiger partial charge in [-0.15, -0.1) is 10.2 Å². The number of hydrogen-bond acceptors (Lipinski definition) is 4. The van der Waals surface area contributed by atoms with Crippen LogP contribution in [0.3, 0.4) is 0 Å². The molecular formula is C12H18N4O2. The predicted molar refractivity (Wildman–Crippen MR) is 64.5 cm³/mol. The molecule has 1 saturated heterocycles. The molecule has 1 N–H and O–H groups in total. The van der Waals surface area contributed by atoms with Gasteiger partial charge >= 0.3 is 5.97 Å². The van der Waals surface area contributed by atoms with E-state index in [1.807, 2.05) is 4.57 Å². The van der Waals surface area contributed by atoms with Crippen LogP contribution in [-0.4, -0.2) is 50.9 Å². The van der Waals surface area contributed by atoms with Crippen molar-refractivity contribution >= 4 is 5.97 Å². The number of aromatic nitrogens is 3. The number of carbonyl (C=O) groups is 1. The minimum Gasteiger partial charge on any atom is -0.481 e. The van der Waals surface area contributed by atoms with Crippen LogP contribution in [0.25, 0.3) is 0 Å². The predicted octanol–water partition coefficient (Wildman–Crippen LogP) is 0.659. The Hall–Kier alpha value is -1.43. The molecule has 0 bridgehead atoms. The molecule has 2 aliphatic rings. The highest BCUT2D eigenvalue weighted by atomic mass is 16.4. The SMILES string of the molecule is CN1CCC(c2nnc3n2CCCC3C(=O)O)C1. The van der Waals surface area contributed by atoms with Gasteiger partial charge in [-0.3, -0.25) is 4.79 Å². The minimum atomic E-state index is -0.779. The Labute approximate surface area is 106 Å². The Morgan fingerprint density at radius 1 is 1.28 bits per heavy atom. The number of aliphatic carboxylic acids is 1. The molecule has 18 heavy (non-hydrogen) atoms. The first-order chi connectivity index (χ1) is 8.66. The van der Waals surface area contributed by atoms with Crippen LogP contribution < -0.4 is 0 Å². The van der Waals surface area contributed by atoms with Gasteiger partial charge in [0, 0.05) is 19.0 Å². The van der Waals surface area contributed by atoms with Gasteiger partial charge in [-0.1, -0.05) is 0 Å². The standard InChI is InChI=1S/C12H18N4O2/c1-15-6-4-8(7-15)10-13-14-11-9(12(17)18)3-2-5-16(10)11/h8-9H,2-7H2,1H3,(H,17,18). The number of likely N-dealkylation sites (N-methyl/N-ethyl adjacent to an activating group) is 1. The molecule has 0 aliphatic carbocycles. The molecule has 1 aromatic heterocycles. The average Bonchev–Trinajstić information content (AvgIpc) is 2.93. The quantitative estimate of drug-likeness (QED) is 0.835. The monoisotopic (exact) mass is 250 g/mol. The number of hydrogen-bond donors (Lipinski definition) is 1. The van der Waals surface area contributed by atoms with E-state index in [-0.39, 0.29) is 0 Å². The normalized spacial score (nSPS) is 28.3. The fourth-order valence-electron chi connectivity index (χ4n) is 3.08. The van der Waals surface area contributed by atoms with E-state index in [2.05, 4.69) is 22.1 Å². The molecule has 6 nitrogen and oxygen atoms in total. The summed E-state index contributed by atoms with van der Waals surface area (Å²) in [4.78, 5) is 13.5. The first-order valence-electron chi connectivity index (χ1n) is 6.51. The van der Waals surface area contributed by atoms with Gasteiger partial charge in [-0.25, -0.2) is 0 Å². The summed E-state index contributed by atoms with van der Waals surface area (Å²) in [6.07, 6.45) is 2.67. The van der Waals surface area contributed by atoms with Crippen molar-refractivity contribution in [2.24, 2.45) is 0 Å². The summed E-state index contributed by atoms with van der Waals surface area (Å²) in [5.41, 5.74) is 0. The van der Waals surface area contributed by atoms with E-state index in [4.69, 9.17) is 0 Å². The van der Waals surface area contributed by atoms with Crippen molar-refractivity contribution in [3.8, 4) is 0 Å². The third-order valence-electron chi connectivity index (χ3n) is 4.05. The highest BCUT2D eigenvalue weighted by Crippen LogP contribution is 2.31. The van der Waals surface area contributed by atoms with E-state index in [0.29, 0.717) is 18.2 Å². The molecule has 0 spiro atoms. The molecule has 98 valence electrons. The molecule has 3 rings (SSSR count). The fourth-order valence-corrected chi connectivity index (χ4v) is 3.08. The van der Waals surface area contributed by atoms with Gasteiger partial charge in [0.1, 0.15) is 17.6 Å². The van der Waals surface area contributed by atoms with Crippen LogP contribution >= 0.6 is 0 Å². The first kappa shape index (κ1) is 11.6. The van der Waals surface area contributed by atoms with Crippen molar-refractivity contribution in [1.82, 2.24) is 19.7 Å². The molecule has 2 aliphatic heterocycles. The van der Waals surface area contributed by atoms with Crippen LogP contribution in [0.2, 0.25) is 0 Å². The number of nitrogens with zero attached hydrogens (tertiary/aromatic N) is 4. The van der Waals surface area contributed by atoms with Gasteiger partial charge in [-0.05, 0) is 32.9 Å². The van der Waals surface area contributed by atoms with E-state index >= 15 is 0 Å². The highest BCUT2D eigenvalue weighted by molar-refractivity contribution is 5.75. The average molecular weight is 250 g/mol. The Balaban J connectivity index is 1.92. The Bertz CT molecular complexity index is 471. The smallest absolute Gasteiger partial charge is 0.314 e. The van der Waals surface area contributed by atoms with Crippen molar-refractivity contribution in [2.75, 3.05) is 20.1 Å². The molecule has 1 aromatic rings.